The lowest BCUT2D eigenvalue weighted by Gasteiger charge is -2.19. The molecule has 1 aromatic heterocycles. The van der Waals surface area contributed by atoms with Crippen molar-refractivity contribution in [2.45, 2.75) is 38.0 Å². The third kappa shape index (κ3) is 3.16. The van der Waals surface area contributed by atoms with Crippen LogP contribution in [-0.2, 0) is 4.74 Å². The van der Waals surface area contributed by atoms with E-state index in [1.54, 1.807) is 17.4 Å². The summed E-state index contributed by atoms with van der Waals surface area (Å²) in [7, 11) is 1.40. The standard InChI is InChI=1S/C17H19NO2S/c1-20-17(19)14-9-5-8-13(10-14)16-18-15(11-21-16)12-6-3-2-4-7-12/h5,8-12H,2-4,6-7H2,1H3. The summed E-state index contributed by atoms with van der Waals surface area (Å²) in [6.07, 6.45) is 6.50. The first kappa shape index (κ1) is 14.3. The summed E-state index contributed by atoms with van der Waals surface area (Å²) >= 11 is 1.66. The van der Waals surface area contributed by atoms with E-state index in [9.17, 15) is 4.79 Å². The third-order valence-electron chi connectivity index (χ3n) is 4.08. The molecular formula is C17H19NO2S. The van der Waals surface area contributed by atoms with Gasteiger partial charge in [0, 0.05) is 16.9 Å². The van der Waals surface area contributed by atoms with Gasteiger partial charge in [0.1, 0.15) is 5.01 Å². The number of benzene rings is 1. The van der Waals surface area contributed by atoms with Crippen molar-refractivity contribution in [1.29, 1.82) is 0 Å². The van der Waals surface area contributed by atoms with Gasteiger partial charge in [0.2, 0.25) is 0 Å². The molecule has 1 saturated carbocycles. The fraction of sp³-hybridized carbons (Fsp3) is 0.412. The SMILES string of the molecule is COC(=O)c1cccc(-c2nc(C3CCCCC3)cs2)c1. The van der Waals surface area contributed by atoms with Crippen LogP contribution in [-0.4, -0.2) is 18.1 Å². The minimum Gasteiger partial charge on any atom is -0.465 e. The first-order valence-electron chi connectivity index (χ1n) is 7.42. The van der Waals surface area contributed by atoms with E-state index in [1.165, 1.54) is 44.9 Å². The number of aromatic nitrogens is 1. The molecular weight excluding hydrogens is 282 g/mol. The van der Waals surface area contributed by atoms with Crippen molar-refractivity contribution in [3.63, 3.8) is 0 Å². The highest BCUT2D eigenvalue weighted by Crippen LogP contribution is 2.35. The second-order valence-electron chi connectivity index (χ2n) is 5.48. The van der Waals surface area contributed by atoms with Crippen LogP contribution in [0.1, 0.15) is 54.1 Å². The summed E-state index contributed by atoms with van der Waals surface area (Å²) in [5.41, 5.74) is 2.78. The van der Waals surface area contributed by atoms with Crippen molar-refractivity contribution >= 4 is 17.3 Å². The van der Waals surface area contributed by atoms with Gasteiger partial charge in [0.15, 0.2) is 0 Å². The zero-order valence-electron chi connectivity index (χ0n) is 12.2. The van der Waals surface area contributed by atoms with Crippen molar-refractivity contribution in [2.75, 3.05) is 7.11 Å². The van der Waals surface area contributed by atoms with Crippen LogP contribution in [0.15, 0.2) is 29.6 Å². The molecule has 21 heavy (non-hydrogen) atoms. The van der Waals surface area contributed by atoms with Crippen LogP contribution in [0.25, 0.3) is 10.6 Å². The summed E-state index contributed by atoms with van der Waals surface area (Å²) in [4.78, 5) is 16.4. The number of hydrogen-bond acceptors (Lipinski definition) is 4. The fourth-order valence-electron chi connectivity index (χ4n) is 2.90. The highest BCUT2D eigenvalue weighted by atomic mass is 32.1. The van der Waals surface area contributed by atoms with Crippen LogP contribution >= 0.6 is 11.3 Å². The lowest BCUT2D eigenvalue weighted by Crippen LogP contribution is -2.04. The van der Waals surface area contributed by atoms with E-state index < -0.39 is 0 Å². The maximum absolute atomic E-state index is 11.6. The Morgan fingerprint density at radius 2 is 2.10 bits per heavy atom. The normalized spacial score (nSPS) is 15.9. The number of rotatable bonds is 3. The summed E-state index contributed by atoms with van der Waals surface area (Å²) in [5.74, 6) is 0.313. The molecule has 3 rings (SSSR count). The Kier molecular flexibility index (Phi) is 4.34. The average molecular weight is 301 g/mol. The Labute approximate surface area is 129 Å². The van der Waals surface area contributed by atoms with Gasteiger partial charge >= 0.3 is 5.97 Å². The monoisotopic (exact) mass is 301 g/mol. The van der Waals surface area contributed by atoms with Crippen molar-refractivity contribution in [3.05, 3.63) is 40.9 Å². The van der Waals surface area contributed by atoms with Gasteiger partial charge in [0.05, 0.1) is 18.4 Å². The number of methoxy groups -OCH3 is 1. The quantitative estimate of drug-likeness (QED) is 0.775. The molecule has 0 unspecified atom stereocenters. The smallest absolute Gasteiger partial charge is 0.337 e. The Hall–Kier alpha value is -1.68. The molecule has 0 N–H and O–H groups in total. The Morgan fingerprint density at radius 3 is 2.86 bits per heavy atom. The zero-order valence-corrected chi connectivity index (χ0v) is 13.0. The molecule has 4 heteroatoms. The predicted octanol–water partition coefficient (Wildman–Crippen LogP) is 4.64. The van der Waals surface area contributed by atoms with Crippen LogP contribution in [0.4, 0.5) is 0 Å². The van der Waals surface area contributed by atoms with Gasteiger partial charge in [-0.25, -0.2) is 9.78 Å². The van der Waals surface area contributed by atoms with Crippen LogP contribution in [0.3, 0.4) is 0 Å². The molecule has 1 fully saturated rings. The van der Waals surface area contributed by atoms with Crippen molar-refractivity contribution in [1.82, 2.24) is 4.98 Å². The van der Waals surface area contributed by atoms with E-state index in [0.717, 1.165) is 10.6 Å². The minimum absolute atomic E-state index is 0.305. The number of nitrogens with zero attached hydrogens (tertiary/aromatic N) is 1. The molecule has 1 aliphatic carbocycles. The van der Waals surface area contributed by atoms with Gasteiger partial charge < -0.3 is 4.74 Å². The topological polar surface area (TPSA) is 39.2 Å². The van der Waals surface area contributed by atoms with E-state index in [4.69, 9.17) is 9.72 Å². The molecule has 0 amide bonds. The molecule has 0 bridgehead atoms. The minimum atomic E-state index is -0.305. The Bertz CT molecular complexity index is 629. The first-order chi connectivity index (χ1) is 10.3. The number of esters is 1. The maximum Gasteiger partial charge on any atom is 0.337 e. The van der Waals surface area contributed by atoms with E-state index >= 15 is 0 Å². The van der Waals surface area contributed by atoms with Gasteiger partial charge in [-0.05, 0) is 25.0 Å². The molecule has 2 aromatic rings. The Balaban J connectivity index is 1.84. The zero-order chi connectivity index (χ0) is 14.7. The summed E-state index contributed by atoms with van der Waals surface area (Å²) < 4.78 is 4.77. The Morgan fingerprint density at radius 1 is 1.29 bits per heavy atom. The van der Waals surface area contributed by atoms with E-state index in [1.807, 2.05) is 18.2 Å². The summed E-state index contributed by atoms with van der Waals surface area (Å²) in [6.45, 7) is 0. The molecule has 1 aliphatic rings. The third-order valence-corrected chi connectivity index (χ3v) is 4.99. The molecule has 0 aliphatic heterocycles. The molecule has 1 aromatic carbocycles. The number of thiazole rings is 1. The molecule has 0 atom stereocenters. The highest BCUT2D eigenvalue weighted by molar-refractivity contribution is 7.13. The lowest BCUT2D eigenvalue weighted by atomic mass is 9.87. The van der Waals surface area contributed by atoms with E-state index in [0.29, 0.717) is 11.5 Å². The van der Waals surface area contributed by atoms with Crippen molar-refractivity contribution < 1.29 is 9.53 Å². The molecule has 3 nitrogen and oxygen atoms in total. The fourth-order valence-corrected chi connectivity index (χ4v) is 3.80. The molecule has 1 heterocycles. The highest BCUT2D eigenvalue weighted by Gasteiger charge is 2.18. The lowest BCUT2D eigenvalue weighted by molar-refractivity contribution is 0.0601. The van der Waals surface area contributed by atoms with Crippen molar-refractivity contribution in [3.8, 4) is 10.6 Å². The maximum atomic E-state index is 11.6. The predicted molar refractivity (Wildman–Crippen MR) is 84.7 cm³/mol. The van der Waals surface area contributed by atoms with Crippen molar-refractivity contribution in [2.24, 2.45) is 0 Å². The van der Waals surface area contributed by atoms with Crippen LogP contribution in [0.2, 0.25) is 0 Å². The molecule has 0 radical (unpaired) electrons. The number of hydrogen-bond donors (Lipinski definition) is 0. The van der Waals surface area contributed by atoms with Crippen LogP contribution in [0.5, 0.6) is 0 Å². The first-order valence-corrected chi connectivity index (χ1v) is 8.30. The van der Waals surface area contributed by atoms with Gasteiger partial charge in [0.25, 0.3) is 0 Å². The van der Waals surface area contributed by atoms with Crippen LogP contribution < -0.4 is 0 Å². The summed E-state index contributed by atoms with van der Waals surface area (Å²) in [5, 5.41) is 3.16. The van der Waals surface area contributed by atoms with E-state index in [2.05, 4.69) is 5.38 Å². The van der Waals surface area contributed by atoms with Crippen LogP contribution in [0, 0.1) is 0 Å². The number of ether oxygens (including phenoxy) is 1. The summed E-state index contributed by atoms with van der Waals surface area (Å²) in [6, 6.07) is 7.50. The average Bonchev–Trinajstić information content (AvgIpc) is 3.05. The second-order valence-corrected chi connectivity index (χ2v) is 6.34. The van der Waals surface area contributed by atoms with Gasteiger partial charge in [-0.15, -0.1) is 11.3 Å². The van der Waals surface area contributed by atoms with E-state index in [-0.39, 0.29) is 5.97 Å². The van der Waals surface area contributed by atoms with Gasteiger partial charge in [-0.1, -0.05) is 31.4 Å². The van der Waals surface area contributed by atoms with Gasteiger partial charge in [-0.2, -0.15) is 0 Å². The van der Waals surface area contributed by atoms with Gasteiger partial charge in [-0.3, -0.25) is 0 Å². The second kappa shape index (κ2) is 6.39. The number of carbonyl (C=O) groups excluding carboxylic acids is 1. The number of carbonyl (C=O) groups is 1. The molecule has 0 saturated heterocycles. The largest absolute Gasteiger partial charge is 0.465 e. The molecule has 110 valence electrons. The molecule has 0 spiro atoms.